The number of fused-ring (bicyclic) bond motifs is 3. The Balaban J connectivity index is 2.10. The Hall–Kier alpha value is -3.22. The molecule has 0 aliphatic carbocycles. The van der Waals surface area contributed by atoms with Crippen molar-refractivity contribution in [2.75, 3.05) is 0 Å². The van der Waals surface area contributed by atoms with E-state index in [-0.39, 0.29) is 23.0 Å². The monoisotopic (exact) mass is 293 g/mol. The molecule has 0 radical (unpaired) electrons. The zero-order valence-corrected chi connectivity index (χ0v) is 11.6. The summed E-state index contributed by atoms with van der Waals surface area (Å²) in [5.74, 6) is 0.482. The van der Waals surface area contributed by atoms with Crippen LogP contribution >= 0.6 is 0 Å². The lowest BCUT2D eigenvalue weighted by Crippen LogP contribution is -2.12. The summed E-state index contributed by atoms with van der Waals surface area (Å²) in [4.78, 5) is 27.6. The smallest absolute Gasteiger partial charge is 0.275 e. The third-order valence-corrected chi connectivity index (χ3v) is 3.60. The number of hydrogen-bond acceptors (Lipinski definition) is 5. The molecule has 0 spiro atoms. The summed E-state index contributed by atoms with van der Waals surface area (Å²) in [6, 6.07) is 7.68. The fourth-order valence-corrected chi connectivity index (χ4v) is 2.60. The number of aryl methyl sites for hydroxylation is 1. The molecule has 0 unspecified atom stereocenters. The van der Waals surface area contributed by atoms with E-state index in [0.717, 1.165) is 10.9 Å². The number of aromatic hydroxyl groups is 1. The first-order valence-corrected chi connectivity index (χ1v) is 6.64. The normalized spacial score (nSPS) is 11.3. The van der Waals surface area contributed by atoms with Gasteiger partial charge in [0.2, 0.25) is 0 Å². The minimum atomic E-state index is -0.254. The maximum atomic E-state index is 12.4. The van der Waals surface area contributed by atoms with Crippen molar-refractivity contribution in [2.45, 2.75) is 0 Å². The molecular weight excluding hydrogens is 282 g/mol. The molecule has 108 valence electrons. The molecule has 3 aromatic heterocycles. The van der Waals surface area contributed by atoms with E-state index in [2.05, 4.69) is 19.9 Å². The highest BCUT2D eigenvalue weighted by molar-refractivity contribution is 6.05. The minimum absolute atomic E-state index is 0.0441. The molecule has 0 saturated heterocycles. The van der Waals surface area contributed by atoms with Gasteiger partial charge in [0, 0.05) is 12.4 Å². The zero-order valence-electron chi connectivity index (χ0n) is 11.6. The Bertz CT molecular complexity index is 1060. The van der Waals surface area contributed by atoms with Gasteiger partial charge in [-0.3, -0.25) is 4.79 Å². The van der Waals surface area contributed by atoms with Crippen molar-refractivity contribution >= 4 is 21.9 Å². The second-order valence-electron chi connectivity index (χ2n) is 4.95. The lowest BCUT2D eigenvalue weighted by atomic mass is 10.2. The fraction of sp³-hybridized carbons (Fsp3) is 0.0667. The SMILES string of the molecule is Cn1c2ccccc2c2nc(-c3ncc(O)cn3)[nH]c(=O)c21. The standard InChI is InChI=1S/C15H11N5O2/c1-20-10-5-3-2-4-9(10)11-12(20)15(22)19-14(18-11)13-16-6-8(21)7-17-13/h2-7,21H,1H3,(H,18,19,22). The minimum Gasteiger partial charge on any atom is -0.505 e. The Kier molecular flexibility index (Phi) is 2.50. The molecule has 0 fully saturated rings. The van der Waals surface area contributed by atoms with E-state index in [1.165, 1.54) is 12.4 Å². The second kappa shape index (κ2) is 4.39. The number of nitrogens with zero attached hydrogens (tertiary/aromatic N) is 4. The first kappa shape index (κ1) is 12.5. The van der Waals surface area contributed by atoms with Gasteiger partial charge < -0.3 is 14.7 Å². The summed E-state index contributed by atoms with van der Waals surface area (Å²) in [5, 5.41) is 10.1. The Morgan fingerprint density at radius 1 is 1.18 bits per heavy atom. The Morgan fingerprint density at radius 2 is 1.91 bits per heavy atom. The molecule has 2 N–H and O–H groups in total. The summed E-state index contributed by atoms with van der Waals surface area (Å²) < 4.78 is 1.82. The topological polar surface area (TPSA) is 96.7 Å². The van der Waals surface area contributed by atoms with Crippen molar-refractivity contribution in [1.82, 2.24) is 24.5 Å². The second-order valence-corrected chi connectivity index (χ2v) is 4.95. The Labute approximate surface area is 123 Å². The lowest BCUT2D eigenvalue weighted by molar-refractivity contribution is 0.470. The van der Waals surface area contributed by atoms with Crippen molar-refractivity contribution < 1.29 is 5.11 Å². The van der Waals surface area contributed by atoms with E-state index in [4.69, 9.17) is 0 Å². The number of nitrogens with one attached hydrogen (secondary N) is 1. The van der Waals surface area contributed by atoms with Gasteiger partial charge in [-0.05, 0) is 6.07 Å². The van der Waals surface area contributed by atoms with E-state index in [1.807, 2.05) is 35.9 Å². The maximum Gasteiger partial charge on any atom is 0.275 e. The average molecular weight is 293 g/mol. The highest BCUT2D eigenvalue weighted by atomic mass is 16.3. The van der Waals surface area contributed by atoms with E-state index in [9.17, 15) is 9.90 Å². The number of rotatable bonds is 1. The zero-order chi connectivity index (χ0) is 15.3. The largest absolute Gasteiger partial charge is 0.505 e. The lowest BCUT2D eigenvalue weighted by Gasteiger charge is -2.00. The van der Waals surface area contributed by atoms with Gasteiger partial charge in [0.1, 0.15) is 11.0 Å². The van der Waals surface area contributed by atoms with Crippen molar-refractivity contribution in [3.63, 3.8) is 0 Å². The number of H-pyrrole nitrogens is 1. The third kappa shape index (κ3) is 1.69. The van der Waals surface area contributed by atoms with Crippen LogP contribution < -0.4 is 5.56 Å². The van der Waals surface area contributed by atoms with E-state index in [0.29, 0.717) is 11.0 Å². The predicted octanol–water partition coefficient (Wildman–Crippen LogP) is 1.58. The predicted molar refractivity (Wildman–Crippen MR) is 81.5 cm³/mol. The number of aromatic nitrogens is 5. The molecule has 7 heteroatoms. The van der Waals surface area contributed by atoms with E-state index >= 15 is 0 Å². The maximum absolute atomic E-state index is 12.4. The first-order valence-electron chi connectivity index (χ1n) is 6.64. The van der Waals surface area contributed by atoms with Crippen LogP contribution in [-0.4, -0.2) is 29.6 Å². The van der Waals surface area contributed by atoms with Crippen LogP contribution in [0.25, 0.3) is 33.6 Å². The number of aromatic amines is 1. The van der Waals surface area contributed by atoms with Crippen LogP contribution in [0.2, 0.25) is 0 Å². The molecule has 0 aliphatic heterocycles. The average Bonchev–Trinajstić information content (AvgIpc) is 2.82. The van der Waals surface area contributed by atoms with Gasteiger partial charge in [0.25, 0.3) is 5.56 Å². The van der Waals surface area contributed by atoms with Crippen molar-refractivity contribution in [2.24, 2.45) is 7.05 Å². The van der Waals surface area contributed by atoms with Crippen LogP contribution in [0, 0.1) is 0 Å². The van der Waals surface area contributed by atoms with Gasteiger partial charge >= 0.3 is 0 Å². The van der Waals surface area contributed by atoms with Crippen LogP contribution in [0.4, 0.5) is 0 Å². The van der Waals surface area contributed by atoms with Gasteiger partial charge in [-0.25, -0.2) is 15.0 Å². The summed E-state index contributed by atoms with van der Waals surface area (Å²) in [7, 11) is 1.83. The Morgan fingerprint density at radius 3 is 2.68 bits per heavy atom. The summed E-state index contributed by atoms with van der Waals surface area (Å²) in [5.41, 5.74) is 1.78. The summed E-state index contributed by atoms with van der Waals surface area (Å²) in [6.07, 6.45) is 2.52. The number of benzene rings is 1. The number of para-hydroxylation sites is 1. The van der Waals surface area contributed by atoms with Gasteiger partial charge in [0.15, 0.2) is 17.4 Å². The fourth-order valence-electron chi connectivity index (χ4n) is 2.60. The molecule has 4 aromatic rings. The number of hydrogen-bond donors (Lipinski definition) is 2. The third-order valence-electron chi connectivity index (χ3n) is 3.60. The van der Waals surface area contributed by atoms with Gasteiger partial charge in [-0.15, -0.1) is 0 Å². The molecule has 4 rings (SSSR count). The summed E-state index contributed by atoms with van der Waals surface area (Å²) >= 11 is 0. The molecule has 0 bridgehead atoms. The molecule has 1 aromatic carbocycles. The highest BCUT2D eigenvalue weighted by Crippen LogP contribution is 2.25. The highest BCUT2D eigenvalue weighted by Gasteiger charge is 2.15. The van der Waals surface area contributed by atoms with Crippen LogP contribution in [0.3, 0.4) is 0 Å². The molecule has 22 heavy (non-hydrogen) atoms. The van der Waals surface area contributed by atoms with Gasteiger partial charge in [-0.1, -0.05) is 18.2 Å². The molecule has 0 amide bonds. The van der Waals surface area contributed by atoms with Crippen molar-refractivity contribution in [3.8, 4) is 17.4 Å². The van der Waals surface area contributed by atoms with E-state index in [1.54, 1.807) is 0 Å². The summed E-state index contributed by atoms with van der Waals surface area (Å²) in [6.45, 7) is 0. The van der Waals surface area contributed by atoms with Crippen LogP contribution in [0.1, 0.15) is 0 Å². The molecule has 0 aliphatic rings. The quantitative estimate of drug-likeness (QED) is 0.555. The van der Waals surface area contributed by atoms with Gasteiger partial charge in [-0.2, -0.15) is 0 Å². The molecule has 0 saturated carbocycles. The van der Waals surface area contributed by atoms with Crippen LogP contribution in [0.5, 0.6) is 5.75 Å². The van der Waals surface area contributed by atoms with Crippen molar-refractivity contribution in [3.05, 3.63) is 47.0 Å². The molecular formula is C15H11N5O2. The molecule has 0 atom stereocenters. The van der Waals surface area contributed by atoms with Gasteiger partial charge in [0.05, 0.1) is 17.9 Å². The van der Waals surface area contributed by atoms with Crippen LogP contribution in [-0.2, 0) is 7.05 Å². The molecule has 7 nitrogen and oxygen atoms in total. The molecule has 3 heterocycles. The van der Waals surface area contributed by atoms with Crippen molar-refractivity contribution in [1.29, 1.82) is 0 Å². The first-order chi connectivity index (χ1) is 10.6. The van der Waals surface area contributed by atoms with E-state index < -0.39 is 0 Å². The van der Waals surface area contributed by atoms with Crippen LogP contribution in [0.15, 0.2) is 41.5 Å².